The van der Waals surface area contributed by atoms with E-state index in [2.05, 4.69) is 30.5 Å². The number of fused-ring (bicyclic) bond motifs is 1. The van der Waals surface area contributed by atoms with E-state index in [4.69, 9.17) is 4.74 Å². The molecule has 8 nitrogen and oxygen atoms in total. The van der Waals surface area contributed by atoms with Crippen LogP contribution in [0.5, 0.6) is 11.5 Å². The first-order valence-corrected chi connectivity index (χ1v) is 11.1. The van der Waals surface area contributed by atoms with E-state index < -0.39 is 0 Å². The van der Waals surface area contributed by atoms with Gasteiger partial charge in [0.25, 0.3) is 0 Å². The van der Waals surface area contributed by atoms with E-state index in [1.807, 2.05) is 66.9 Å². The van der Waals surface area contributed by atoms with E-state index in [1.54, 1.807) is 6.33 Å². The van der Waals surface area contributed by atoms with Crippen LogP contribution < -0.4 is 20.3 Å². The Kier molecular flexibility index (Phi) is 6.06. The van der Waals surface area contributed by atoms with Gasteiger partial charge in [-0.2, -0.15) is 0 Å². The molecule has 1 aliphatic rings. The van der Waals surface area contributed by atoms with Gasteiger partial charge in [0.15, 0.2) is 5.75 Å². The molecule has 4 aromatic rings. The van der Waals surface area contributed by atoms with Crippen LogP contribution in [0, 0.1) is 0 Å². The van der Waals surface area contributed by atoms with Gasteiger partial charge in [-0.3, -0.25) is 4.79 Å². The van der Waals surface area contributed by atoms with Gasteiger partial charge in [-0.05, 0) is 43.2 Å². The zero-order valence-electron chi connectivity index (χ0n) is 18.2. The van der Waals surface area contributed by atoms with Crippen LogP contribution in [0.2, 0.25) is 0 Å². The molecule has 0 spiro atoms. The molecule has 2 aromatic carbocycles. The van der Waals surface area contributed by atoms with Gasteiger partial charge in [0.1, 0.15) is 23.5 Å². The van der Waals surface area contributed by atoms with Crippen LogP contribution in [0.4, 0.5) is 11.5 Å². The minimum atomic E-state index is -0.0501. The first kappa shape index (κ1) is 20.8. The Morgan fingerprint density at radius 1 is 1.09 bits per heavy atom. The minimum absolute atomic E-state index is 0.0501. The smallest absolute Gasteiger partial charge is 0.239 e. The maximum Gasteiger partial charge on any atom is 0.239 e. The highest BCUT2D eigenvalue weighted by molar-refractivity contribution is 5.87. The summed E-state index contributed by atoms with van der Waals surface area (Å²) in [5, 5.41) is 7.38. The summed E-state index contributed by atoms with van der Waals surface area (Å²) in [6, 6.07) is 19.3. The zero-order valence-corrected chi connectivity index (χ0v) is 18.2. The van der Waals surface area contributed by atoms with Crippen molar-refractivity contribution in [3.05, 3.63) is 73.2 Å². The number of ether oxygens (including phenoxy) is 1. The number of rotatable bonds is 7. The molecule has 3 heterocycles. The SMILES string of the molecule is O=C(CNc1ccccc1Oc1ccccc1)N[C@@H]1CCCN(c2ncnc3[nH]ccc23)C1. The Labute approximate surface area is 192 Å². The van der Waals surface area contributed by atoms with Crippen LogP contribution in [0.1, 0.15) is 12.8 Å². The van der Waals surface area contributed by atoms with Crippen LogP contribution in [-0.4, -0.2) is 46.5 Å². The van der Waals surface area contributed by atoms with E-state index in [1.165, 1.54) is 0 Å². The van der Waals surface area contributed by atoms with E-state index >= 15 is 0 Å². The maximum absolute atomic E-state index is 12.7. The molecule has 0 aliphatic carbocycles. The number of benzene rings is 2. The van der Waals surface area contributed by atoms with Gasteiger partial charge < -0.3 is 25.3 Å². The molecule has 2 aromatic heterocycles. The summed E-state index contributed by atoms with van der Waals surface area (Å²) in [4.78, 5) is 26.8. The van der Waals surface area contributed by atoms with Gasteiger partial charge in [0.2, 0.25) is 5.91 Å². The molecule has 3 N–H and O–H groups in total. The third kappa shape index (κ3) is 4.90. The standard InChI is InChI=1S/C25H26N6O2/c32-23(15-27-21-10-4-5-11-22(21)33-19-8-2-1-3-9-19)30-18-7-6-14-31(16-18)25-20-12-13-26-24(20)28-17-29-25/h1-5,8-13,17-18,27H,6-7,14-16H2,(H,30,32)(H,26,28,29)/t18-/m1/s1. The lowest BCUT2D eigenvalue weighted by atomic mass is 10.1. The fourth-order valence-electron chi connectivity index (χ4n) is 4.17. The molecule has 1 atom stereocenters. The number of nitrogens with one attached hydrogen (secondary N) is 3. The quantitative estimate of drug-likeness (QED) is 0.401. The van der Waals surface area contributed by atoms with Gasteiger partial charge >= 0.3 is 0 Å². The highest BCUT2D eigenvalue weighted by Crippen LogP contribution is 2.29. The average Bonchev–Trinajstić information content (AvgIpc) is 3.33. The monoisotopic (exact) mass is 442 g/mol. The fourth-order valence-corrected chi connectivity index (χ4v) is 4.17. The second-order valence-corrected chi connectivity index (χ2v) is 8.05. The predicted molar refractivity (Wildman–Crippen MR) is 129 cm³/mol. The number of hydrogen-bond donors (Lipinski definition) is 3. The highest BCUT2D eigenvalue weighted by Gasteiger charge is 2.24. The number of anilines is 2. The molecule has 0 unspecified atom stereocenters. The number of carbonyl (C=O) groups is 1. The largest absolute Gasteiger partial charge is 0.455 e. The normalized spacial score (nSPS) is 15.9. The number of piperidine rings is 1. The highest BCUT2D eigenvalue weighted by atomic mass is 16.5. The molecule has 1 fully saturated rings. The summed E-state index contributed by atoms with van der Waals surface area (Å²) < 4.78 is 5.97. The molecule has 1 amide bonds. The summed E-state index contributed by atoms with van der Waals surface area (Å²) in [7, 11) is 0. The van der Waals surface area contributed by atoms with Crippen molar-refractivity contribution in [3.63, 3.8) is 0 Å². The Bertz CT molecular complexity index is 1230. The summed E-state index contributed by atoms with van der Waals surface area (Å²) in [6.45, 7) is 1.80. The molecular formula is C25H26N6O2. The molecule has 5 rings (SSSR count). The first-order valence-electron chi connectivity index (χ1n) is 11.1. The van der Waals surface area contributed by atoms with E-state index in [-0.39, 0.29) is 18.5 Å². The van der Waals surface area contributed by atoms with Crippen molar-refractivity contribution in [2.75, 3.05) is 29.9 Å². The Morgan fingerprint density at radius 3 is 2.85 bits per heavy atom. The van der Waals surface area contributed by atoms with E-state index in [9.17, 15) is 4.79 Å². The Hall–Kier alpha value is -4.07. The minimum Gasteiger partial charge on any atom is -0.455 e. The molecule has 168 valence electrons. The van der Waals surface area contributed by atoms with Crippen molar-refractivity contribution in [1.29, 1.82) is 0 Å². The number of hydrogen-bond acceptors (Lipinski definition) is 6. The molecule has 33 heavy (non-hydrogen) atoms. The van der Waals surface area contributed by atoms with Gasteiger partial charge in [0.05, 0.1) is 17.6 Å². The Morgan fingerprint density at radius 2 is 1.94 bits per heavy atom. The maximum atomic E-state index is 12.7. The molecule has 1 saturated heterocycles. The van der Waals surface area contributed by atoms with Crippen molar-refractivity contribution in [3.8, 4) is 11.5 Å². The van der Waals surface area contributed by atoms with Gasteiger partial charge in [-0.25, -0.2) is 9.97 Å². The number of amides is 1. The molecule has 0 saturated carbocycles. The van der Waals surface area contributed by atoms with Gasteiger partial charge in [0, 0.05) is 25.3 Å². The van der Waals surface area contributed by atoms with Gasteiger partial charge in [-0.15, -0.1) is 0 Å². The first-order chi connectivity index (χ1) is 16.3. The number of carbonyl (C=O) groups excluding carboxylic acids is 1. The lowest BCUT2D eigenvalue weighted by Crippen LogP contribution is -2.49. The van der Waals surface area contributed by atoms with Crippen molar-refractivity contribution in [2.24, 2.45) is 0 Å². The summed E-state index contributed by atoms with van der Waals surface area (Å²) in [5.74, 6) is 2.29. The van der Waals surface area contributed by atoms with Crippen molar-refractivity contribution >= 4 is 28.4 Å². The van der Waals surface area contributed by atoms with Crippen LogP contribution in [0.15, 0.2) is 73.2 Å². The van der Waals surface area contributed by atoms with Crippen LogP contribution in [0.3, 0.4) is 0 Å². The third-order valence-electron chi connectivity index (χ3n) is 5.72. The number of aromatic nitrogens is 3. The molecule has 0 bridgehead atoms. The lowest BCUT2D eigenvalue weighted by molar-refractivity contribution is -0.120. The van der Waals surface area contributed by atoms with Gasteiger partial charge in [-0.1, -0.05) is 30.3 Å². The Balaban J connectivity index is 1.18. The zero-order chi connectivity index (χ0) is 22.5. The average molecular weight is 443 g/mol. The molecule has 0 radical (unpaired) electrons. The fraction of sp³-hybridized carbons (Fsp3) is 0.240. The van der Waals surface area contributed by atoms with Crippen LogP contribution >= 0.6 is 0 Å². The second kappa shape index (κ2) is 9.60. The van der Waals surface area contributed by atoms with Crippen LogP contribution in [-0.2, 0) is 4.79 Å². The topological polar surface area (TPSA) is 95.2 Å². The van der Waals surface area contributed by atoms with E-state index in [0.29, 0.717) is 5.75 Å². The molecule has 8 heteroatoms. The second-order valence-electron chi connectivity index (χ2n) is 8.05. The summed E-state index contributed by atoms with van der Waals surface area (Å²) in [6.07, 6.45) is 5.38. The summed E-state index contributed by atoms with van der Waals surface area (Å²) in [5.41, 5.74) is 1.60. The van der Waals surface area contributed by atoms with Crippen LogP contribution in [0.25, 0.3) is 11.0 Å². The lowest BCUT2D eigenvalue weighted by Gasteiger charge is -2.34. The van der Waals surface area contributed by atoms with E-state index in [0.717, 1.165) is 54.2 Å². The predicted octanol–water partition coefficient (Wildman–Crippen LogP) is 3.95. The molecular weight excluding hydrogens is 416 g/mol. The van der Waals surface area contributed by atoms with Crippen molar-refractivity contribution < 1.29 is 9.53 Å². The third-order valence-corrected chi connectivity index (χ3v) is 5.72. The summed E-state index contributed by atoms with van der Waals surface area (Å²) >= 11 is 0. The van der Waals surface area contributed by atoms with Crippen molar-refractivity contribution in [1.82, 2.24) is 20.3 Å². The number of para-hydroxylation sites is 3. The number of nitrogens with zero attached hydrogens (tertiary/aromatic N) is 3. The molecule has 1 aliphatic heterocycles. The number of H-pyrrole nitrogens is 1. The van der Waals surface area contributed by atoms with Crippen molar-refractivity contribution in [2.45, 2.75) is 18.9 Å². The number of aromatic amines is 1.